The van der Waals surface area contributed by atoms with Crippen LogP contribution in [0.2, 0.25) is 0 Å². The second-order valence-corrected chi connectivity index (χ2v) is 5.66. The molecule has 1 fully saturated rings. The summed E-state index contributed by atoms with van der Waals surface area (Å²) in [5, 5.41) is 0. The van der Waals surface area contributed by atoms with E-state index in [0.717, 1.165) is 25.7 Å². The zero-order valence-corrected chi connectivity index (χ0v) is 13.9. The molecule has 0 aromatic carbocycles. The van der Waals surface area contributed by atoms with Gasteiger partial charge in [0.15, 0.2) is 0 Å². The van der Waals surface area contributed by atoms with Crippen LogP contribution in [0.1, 0.15) is 58.8 Å². The Morgan fingerprint density at radius 1 is 1.00 bits per heavy atom. The molecule has 0 N–H and O–H groups in total. The summed E-state index contributed by atoms with van der Waals surface area (Å²) in [6.07, 6.45) is 9.02. The number of ether oxygens (including phenoxy) is 1. The molecule has 2 unspecified atom stereocenters. The van der Waals surface area contributed by atoms with Crippen LogP contribution in [0, 0.1) is 0 Å². The van der Waals surface area contributed by atoms with Crippen LogP contribution in [-0.2, 0) is 13.8 Å². The quantitative estimate of drug-likeness (QED) is 0.636. The Balaban J connectivity index is 2.35. The van der Waals surface area contributed by atoms with Crippen LogP contribution in [0.3, 0.4) is 0 Å². The first kappa shape index (κ1) is 16.8. The monoisotopic (exact) mass is 294 g/mol. The molecule has 0 amide bonds. The molecule has 0 spiro atoms. The van der Waals surface area contributed by atoms with Crippen molar-refractivity contribution < 1.29 is 13.8 Å². The van der Waals surface area contributed by atoms with E-state index in [1.807, 2.05) is 0 Å². The Kier molecular flexibility index (Phi) is 8.97. The van der Waals surface area contributed by atoms with Crippen molar-refractivity contribution in [3.8, 4) is 0 Å². The molecule has 0 bridgehead atoms. The van der Waals surface area contributed by atoms with E-state index < -0.39 is 0 Å². The van der Waals surface area contributed by atoms with Crippen molar-refractivity contribution in [3.05, 3.63) is 0 Å². The molecule has 0 aromatic heterocycles. The van der Waals surface area contributed by atoms with Crippen LogP contribution in [0.15, 0.2) is 0 Å². The summed E-state index contributed by atoms with van der Waals surface area (Å²) in [5.74, 6) is 0. The summed E-state index contributed by atoms with van der Waals surface area (Å²) in [6, 6.07) is 0. The molecule has 1 aliphatic rings. The van der Waals surface area contributed by atoms with Gasteiger partial charge in [0, 0.05) is 31.8 Å². The SMILES string of the molecule is CC[C@@H](C[C@H]1CCC[C@@H](C[C@H](CC)OP)O1)OP. The van der Waals surface area contributed by atoms with Gasteiger partial charge in [0.2, 0.25) is 0 Å². The van der Waals surface area contributed by atoms with Gasteiger partial charge < -0.3 is 13.8 Å². The topological polar surface area (TPSA) is 27.7 Å². The number of hydrogen-bond donors (Lipinski definition) is 0. The predicted molar refractivity (Wildman–Crippen MR) is 81.5 cm³/mol. The van der Waals surface area contributed by atoms with E-state index in [0.29, 0.717) is 24.4 Å². The summed E-state index contributed by atoms with van der Waals surface area (Å²) in [5.41, 5.74) is 0. The Bertz CT molecular complexity index is 188. The van der Waals surface area contributed by atoms with Crippen LogP contribution in [0.5, 0.6) is 0 Å². The molecule has 1 saturated heterocycles. The van der Waals surface area contributed by atoms with E-state index in [9.17, 15) is 0 Å². The summed E-state index contributed by atoms with van der Waals surface area (Å²) in [7, 11) is 4.75. The van der Waals surface area contributed by atoms with Crippen LogP contribution in [-0.4, -0.2) is 24.4 Å². The normalized spacial score (nSPS) is 28.0. The Labute approximate surface area is 116 Å². The van der Waals surface area contributed by atoms with E-state index >= 15 is 0 Å². The fourth-order valence-electron chi connectivity index (χ4n) is 2.55. The van der Waals surface area contributed by atoms with Gasteiger partial charge in [-0.3, -0.25) is 0 Å². The fourth-order valence-corrected chi connectivity index (χ4v) is 3.16. The third-order valence-electron chi connectivity index (χ3n) is 3.78. The van der Waals surface area contributed by atoms with E-state index in [1.54, 1.807) is 0 Å². The number of hydrogen-bond acceptors (Lipinski definition) is 3. The highest BCUT2D eigenvalue weighted by Gasteiger charge is 2.26. The first-order chi connectivity index (χ1) is 8.73. The molecule has 108 valence electrons. The molecule has 0 aliphatic carbocycles. The van der Waals surface area contributed by atoms with Gasteiger partial charge in [-0.15, -0.1) is 0 Å². The molecule has 0 saturated carbocycles. The zero-order chi connectivity index (χ0) is 13.4. The summed E-state index contributed by atoms with van der Waals surface area (Å²) >= 11 is 0. The first-order valence-electron chi connectivity index (χ1n) is 7.09. The van der Waals surface area contributed by atoms with Crippen molar-refractivity contribution in [2.24, 2.45) is 0 Å². The first-order valence-corrected chi connectivity index (χ1v) is 8.04. The van der Waals surface area contributed by atoms with E-state index in [2.05, 4.69) is 32.8 Å². The fraction of sp³-hybridized carbons (Fsp3) is 1.00. The standard InChI is InChI=1S/C13H28O3P2/c1-3-10(15-17)8-12-6-5-7-13(14-12)9-11(4-2)16-18/h10-13H,3-9,17-18H2,1-2H3/t10-,11-,12-,13+/m0/s1. The highest BCUT2D eigenvalue weighted by Crippen LogP contribution is 2.27. The van der Waals surface area contributed by atoms with Gasteiger partial charge in [-0.05, 0) is 32.1 Å². The maximum Gasteiger partial charge on any atom is 0.0633 e. The van der Waals surface area contributed by atoms with Gasteiger partial charge in [0.05, 0.1) is 24.4 Å². The Morgan fingerprint density at radius 2 is 1.44 bits per heavy atom. The average Bonchev–Trinajstić information content (AvgIpc) is 2.42. The van der Waals surface area contributed by atoms with E-state index in [4.69, 9.17) is 13.8 Å². The molecule has 0 radical (unpaired) electrons. The van der Waals surface area contributed by atoms with Crippen molar-refractivity contribution >= 4 is 18.9 Å². The Morgan fingerprint density at radius 3 is 1.78 bits per heavy atom. The van der Waals surface area contributed by atoms with Gasteiger partial charge >= 0.3 is 0 Å². The molecule has 1 heterocycles. The lowest BCUT2D eigenvalue weighted by Crippen LogP contribution is -2.32. The second-order valence-electron chi connectivity index (χ2n) is 5.12. The van der Waals surface area contributed by atoms with E-state index in [1.165, 1.54) is 19.3 Å². The molecular weight excluding hydrogens is 266 g/mol. The molecule has 1 aliphatic heterocycles. The minimum Gasteiger partial charge on any atom is -0.375 e. The third-order valence-corrected chi connectivity index (χ3v) is 4.55. The molecule has 6 atom stereocenters. The summed E-state index contributed by atoms with van der Waals surface area (Å²) in [4.78, 5) is 0. The zero-order valence-electron chi connectivity index (χ0n) is 11.6. The van der Waals surface area contributed by atoms with Crippen LogP contribution in [0.25, 0.3) is 0 Å². The van der Waals surface area contributed by atoms with Crippen molar-refractivity contribution in [1.29, 1.82) is 0 Å². The highest BCUT2D eigenvalue weighted by molar-refractivity contribution is 7.10. The maximum atomic E-state index is 6.18. The molecular formula is C13H28O3P2. The molecule has 18 heavy (non-hydrogen) atoms. The summed E-state index contributed by atoms with van der Waals surface area (Å²) in [6.45, 7) is 4.31. The second kappa shape index (κ2) is 9.61. The van der Waals surface area contributed by atoms with Crippen molar-refractivity contribution in [2.75, 3.05) is 0 Å². The molecule has 1 rings (SSSR count). The van der Waals surface area contributed by atoms with Crippen LogP contribution >= 0.6 is 18.9 Å². The highest BCUT2D eigenvalue weighted by atomic mass is 31.0. The molecule has 3 nitrogen and oxygen atoms in total. The minimum absolute atomic E-state index is 0.304. The largest absolute Gasteiger partial charge is 0.375 e. The summed E-state index contributed by atoms with van der Waals surface area (Å²) < 4.78 is 16.9. The van der Waals surface area contributed by atoms with Crippen molar-refractivity contribution in [1.82, 2.24) is 0 Å². The minimum atomic E-state index is 0.304. The molecule has 0 aromatic rings. The lowest BCUT2D eigenvalue weighted by atomic mass is 9.96. The average molecular weight is 294 g/mol. The van der Waals surface area contributed by atoms with Crippen LogP contribution in [0.4, 0.5) is 0 Å². The van der Waals surface area contributed by atoms with Crippen LogP contribution < -0.4 is 0 Å². The van der Waals surface area contributed by atoms with Gasteiger partial charge in [0.1, 0.15) is 0 Å². The van der Waals surface area contributed by atoms with Crippen molar-refractivity contribution in [2.45, 2.75) is 83.2 Å². The van der Waals surface area contributed by atoms with E-state index in [-0.39, 0.29) is 0 Å². The van der Waals surface area contributed by atoms with Gasteiger partial charge in [0.25, 0.3) is 0 Å². The van der Waals surface area contributed by atoms with Gasteiger partial charge in [-0.1, -0.05) is 13.8 Å². The lowest BCUT2D eigenvalue weighted by Gasteiger charge is -2.33. The number of rotatable bonds is 8. The maximum absolute atomic E-state index is 6.18. The smallest absolute Gasteiger partial charge is 0.0633 e. The molecule has 5 heteroatoms. The van der Waals surface area contributed by atoms with Crippen molar-refractivity contribution in [3.63, 3.8) is 0 Å². The third kappa shape index (κ3) is 5.80. The lowest BCUT2D eigenvalue weighted by molar-refractivity contribution is -0.0778. The van der Waals surface area contributed by atoms with Gasteiger partial charge in [-0.25, -0.2) is 0 Å². The Hall–Kier alpha value is 0.740. The van der Waals surface area contributed by atoms with Gasteiger partial charge in [-0.2, -0.15) is 0 Å². The predicted octanol–water partition coefficient (Wildman–Crippen LogP) is 3.87.